The molecule has 12 heavy (non-hydrogen) atoms. The van der Waals surface area contributed by atoms with Crippen molar-refractivity contribution in [2.45, 2.75) is 26.2 Å². The van der Waals surface area contributed by atoms with Crippen LogP contribution in [0.1, 0.15) is 31.7 Å². The van der Waals surface area contributed by atoms with Crippen LogP contribution in [0.5, 0.6) is 0 Å². The van der Waals surface area contributed by atoms with Gasteiger partial charge in [-0.25, -0.2) is 0 Å². The highest BCUT2D eigenvalue weighted by Crippen LogP contribution is 2.21. The highest BCUT2D eigenvalue weighted by molar-refractivity contribution is 5.18. The van der Waals surface area contributed by atoms with E-state index in [9.17, 15) is 0 Å². The van der Waals surface area contributed by atoms with Gasteiger partial charge in [0, 0.05) is 0 Å². The number of hydrogen-bond acceptors (Lipinski definition) is 0. The zero-order valence-corrected chi connectivity index (χ0v) is 7.96. The average Bonchev–Trinajstić information content (AvgIpc) is 2.05. The third-order valence-electron chi connectivity index (χ3n) is 2.12. The SMILES string of the molecule is [CH2]C(C)CC(C)c1ccccc1. The van der Waals surface area contributed by atoms with Gasteiger partial charge in [-0.3, -0.25) is 0 Å². The summed E-state index contributed by atoms with van der Waals surface area (Å²) in [6.07, 6.45) is 1.17. The molecular formula is C12H17. The van der Waals surface area contributed by atoms with Crippen molar-refractivity contribution >= 4 is 0 Å². The minimum atomic E-state index is 0.542. The molecule has 1 aromatic rings. The Hall–Kier alpha value is -0.780. The van der Waals surface area contributed by atoms with Crippen molar-refractivity contribution in [2.24, 2.45) is 5.92 Å². The molecule has 0 bridgehead atoms. The Morgan fingerprint density at radius 2 is 1.75 bits per heavy atom. The van der Waals surface area contributed by atoms with Crippen LogP contribution in [0.2, 0.25) is 0 Å². The molecule has 0 N–H and O–H groups in total. The lowest BCUT2D eigenvalue weighted by Gasteiger charge is -2.13. The first-order valence-electron chi connectivity index (χ1n) is 4.58. The van der Waals surface area contributed by atoms with Gasteiger partial charge in [0.2, 0.25) is 0 Å². The molecule has 0 heterocycles. The van der Waals surface area contributed by atoms with E-state index >= 15 is 0 Å². The fraction of sp³-hybridized carbons (Fsp3) is 0.417. The van der Waals surface area contributed by atoms with Crippen molar-refractivity contribution in [2.75, 3.05) is 0 Å². The van der Waals surface area contributed by atoms with Gasteiger partial charge in [-0.05, 0) is 23.8 Å². The zero-order valence-electron chi connectivity index (χ0n) is 7.96. The topological polar surface area (TPSA) is 0 Å². The summed E-state index contributed by atoms with van der Waals surface area (Å²) in [7, 11) is 0. The van der Waals surface area contributed by atoms with Crippen LogP contribution >= 0.6 is 0 Å². The van der Waals surface area contributed by atoms with Gasteiger partial charge < -0.3 is 0 Å². The maximum atomic E-state index is 4.00. The van der Waals surface area contributed by atoms with Crippen LogP contribution in [0, 0.1) is 12.8 Å². The molecule has 0 spiro atoms. The first-order chi connectivity index (χ1) is 5.70. The van der Waals surface area contributed by atoms with Crippen LogP contribution in [-0.2, 0) is 0 Å². The van der Waals surface area contributed by atoms with Crippen LogP contribution in [0.4, 0.5) is 0 Å². The molecular weight excluding hydrogens is 144 g/mol. The summed E-state index contributed by atoms with van der Waals surface area (Å²) in [6, 6.07) is 10.6. The normalized spacial score (nSPS) is 13.3. The number of hydrogen-bond donors (Lipinski definition) is 0. The summed E-state index contributed by atoms with van der Waals surface area (Å²) < 4.78 is 0. The van der Waals surface area contributed by atoms with Gasteiger partial charge in [-0.15, -0.1) is 0 Å². The highest BCUT2D eigenvalue weighted by Gasteiger charge is 2.06. The van der Waals surface area contributed by atoms with E-state index in [1.165, 1.54) is 12.0 Å². The summed E-state index contributed by atoms with van der Waals surface area (Å²) in [4.78, 5) is 0. The van der Waals surface area contributed by atoms with E-state index in [2.05, 4.69) is 51.1 Å². The zero-order chi connectivity index (χ0) is 8.97. The maximum Gasteiger partial charge on any atom is -0.0188 e. The predicted octanol–water partition coefficient (Wildman–Crippen LogP) is 3.65. The van der Waals surface area contributed by atoms with Crippen LogP contribution in [-0.4, -0.2) is 0 Å². The minimum absolute atomic E-state index is 0.542. The second kappa shape index (κ2) is 4.30. The van der Waals surface area contributed by atoms with Crippen LogP contribution in [0.3, 0.4) is 0 Å². The third-order valence-corrected chi connectivity index (χ3v) is 2.12. The van der Waals surface area contributed by atoms with E-state index in [1.807, 2.05) is 0 Å². The molecule has 0 fully saturated rings. The van der Waals surface area contributed by atoms with Gasteiger partial charge in [-0.2, -0.15) is 0 Å². The highest BCUT2D eigenvalue weighted by atomic mass is 14.1. The molecule has 2 atom stereocenters. The van der Waals surface area contributed by atoms with E-state index in [0.717, 1.165) is 0 Å². The predicted molar refractivity (Wildman–Crippen MR) is 54.0 cm³/mol. The Kier molecular flexibility index (Phi) is 3.33. The number of benzene rings is 1. The molecule has 0 aliphatic heterocycles. The Morgan fingerprint density at radius 1 is 1.17 bits per heavy atom. The second-order valence-electron chi connectivity index (χ2n) is 3.65. The molecule has 0 aliphatic rings. The van der Waals surface area contributed by atoms with E-state index < -0.39 is 0 Å². The molecule has 0 saturated carbocycles. The van der Waals surface area contributed by atoms with Crippen molar-refractivity contribution in [3.63, 3.8) is 0 Å². The Morgan fingerprint density at radius 3 is 2.25 bits per heavy atom. The molecule has 0 heteroatoms. The quantitative estimate of drug-likeness (QED) is 0.634. The van der Waals surface area contributed by atoms with Gasteiger partial charge in [0.05, 0.1) is 0 Å². The molecule has 2 unspecified atom stereocenters. The van der Waals surface area contributed by atoms with Crippen LogP contribution in [0.15, 0.2) is 30.3 Å². The van der Waals surface area contributed by atoms with Crippen LogP contribution in [0.25, 0.3) is 0 Å². The molecule has 0 nitrogen and oxygen atoms in total. The molecule has 1 rings (SSSR count). The maximum absolute atomic E-state index is 4.00. The first kappa shape index (κ1) is 9.31. The van der Waals surface area contributed by atoms with E-state index in [4.69, 9.17) is 0 Å². The lowest BCUT2D eigenvalue weighted by molar-refractivity contribution is 0.565. The molecule has 0 saturated heterocycles. The largest absolute Gasteiger partial charge is 0.0625 e. The number of rotatable bonds is 3. The van der Waals surface area contributed by atoms with Gasteiger partial charge in [0.25, 0.3) is 0 Å². The van der Waals surface area contributed by atoms with E-state index in [-0.39, 0.29) is 0 Å². The van der Waals surface area contributed by atoms with Gasteiger partial charge in [-0.1, -0.05) is 51.1 Å². The summed E-state index contributed by atoms with van der Waals surface area (Å²) in [5.41, 5.74) is 1.42. The smallest absolute Gasteiger partial charge is 0.0188 e. The van der Waals surface area contributed by atoms with Gasteiger partial charge in [0.15, 0.2) is 0 Å². The lowest BCUT2D eigenvalue weighted by atomic mass is 9.92. The molecule has 0 amide bonds. The fourth-order valence-electron chi connectivity index (χ4n) is 1.52. The van der Waals surface area contributed by atoms with Crippen molar-refractivity contribution in [1.29, 1.82) is 0 Å². The Bertz CT molecular complexity index is 211. The van der Waals surface area contributed by atoms with Gasteiger partial charge in [0.1, 0.15) is 0 Å². The molecule has 1 aromatic carbocycles. The van der Waals surface area contributed by atoms with Crippen molar-refractivity contribution in [3.05, 3.63) is 42.8 Å². The standard InChI is InChI=1S/C12H17/c1-10(2)9-11(3)12-7-5-4-6-8-12/h4-8,10-11H,1,9H2,2-3H3. The monoisotopic (exact) mass is 161 g/mol. The van der Waals surface area contributed by atoms with E-state index in [1.54, 1.807) is 0 Å². The Labute approximate surface area is 75.6 Å². The second-order valence-corrected chi connectivity index (χ2v) is 3.65. The van der Waals surface area contributed by atoms with Crippen molar-refractivity contribution < 1.29 is 0 Å². The molecule has 0 aliphatic carbocycles. The summed E-state index contributed by atoms with van der Waals surface area (Å²) in [5.74, 6) is 1.18. The lowest BCUT2D eigenvalue weighted by Crippen LogP contribution is -1.98. The first-order valence-corrected chi connectivity index (χ1v) is 4.58. The van der Waals surface area contributed by atoms with Crippen molar-refractivity contribution in [1.82, 2.24) is 0 Å². The van der Waals surface area contributed by atoms with E-state index in [0.29, 0.717) is 11.8 Å². The molecule has 1 radical (unpaired) electrons. The molecule has 65 valence electrons. The minimum Gasteiger partial charge on any atom is -0.0625 e. The summed E-state index contributed by atoms with van der Waals surface area (Å²) in [6.45, 7) is 8.43. The van der Waals surface area contributed by atoms with Crippen molar-refractivity contribution in [3.8, 4) is 0 Å². The summed E-state index contributed by atoms with van der Waals surface area (Å²) >= 11 is 0. The van der Waals surface area contributed by atoms with Crippen LogP contribution < -0.4 is 0 Å². The average molecular weight is 161 g/mol. The fourth-order valence-corrected chi connectivity index (χ4v) is 1.52. The molecule has 0 aromatic heterocycles. The van der Waals surface area contributed by atoms with Gasteiger partial charge >= 0.3 is 0 Å². The Balaban J connectivity index is 2.59. The summed E-state index contributed by atoms with van der Waals surface area (Å²) in [5, 5.41) is 0. The third kappa shape index (κ3) is 2.69.